The third-order valence-electron chi connectivity index (χ3n) is 5.49. The van der Waals surface area contributed by atoms with Crippen LogP contribution in [0.5, 0.6) is 0 Å². The lowest BCUT2D eigenvalue weighted by Crippen LogP contribution is -2.48. The van der Waals surface area contributed by atoms with Gasteiger partial charge in [-0.2, -0.15) is 0 Å². The van der Waals surface area contributed by atoms with Gasteiger partial charge < -0.3 is 10.2 Å². The van der Waals surface area contributed by atoms with Crippen molar-refractivity contribution in [3.63, 3.8) is 0 Å². The molecule has 0 aromatic heterocycles. The Morgan fingerprint density at radius 1 is 1.00 bits per heavy atom. The largest absolute Gasteiger partial charge is 0.354 e. The molecule has 2 aromatic carbocycles. The minimum absolute atomic E-state index is 0.0104. The minimum Gasteiger partial charge on any atom is -0.354 e. The van der Waals surface area contributed by atoms with Crippen LogP contribution in [0.4, 0.5) is 5.69 Å². The molecule has 2 rings (SSSR count). The molecule has 0 aliphatic carbocycles. The Morgan fingerprint density at radius 3 is 2.17 bits per heavy atom. The van der Waals surface area contributed by atoms with Crippen molar-refractivity contribution in [1.82, 2.24) is 10.2 Å². The van der Waals surface area contributed by atoms with Gasteiger partial charge in [-0.3, -0.25) is 13.9 Å². The fourth-order valence-corrected chi connectivity index (χ4v) is 5.18. The molecular formula is C25H32Cl3N3O4S. The molecule has 198 valence electrons. The van der Waals surface area contributed by atoms with E-state index in [1.54, 1.807) is 49.4 Å². The summed E-state index contributed by atoms with van der Waals surface area (Å²) in [6.07, 6.45) is 1.34. The average molecular weight is 577 g/mol. The number of carbonyl (C=O) groups excluding carboxylic acids is 2. The van der Waals surface area contributed by atoms with E-state index in [4.69, 9.17) is 34.8 Å². The highest BCUT2D eigenvalue weighted by atomic mass is 35.5. The Labute approximate surface area is 228 Å². The summed E-state index contributed by atoms with van der Waals surface area (Å²) >= 11 is 18.7. The van der Waals surface area contributed by atoms with E-state index in [2.05, 4.69) is 5.32 Å². The molecule has 0 saturated heterocycles. The molecule has 36 heavy (non-hydrogen) atoms. The lowest BCUT2D eigenvalue weighted by atomic mass is 10.1. The minimum atomic E-state index is -3.61. The first-order chi connectivity index (χ1) is 16.8. The van der Waals surface area contributed by atoms with Gasteiger partial charge in [-0.1, -0.05) is 60.8 Å². The monoisotopic (exact) mass is 575 g/mol. The number of hydrogen-bond acceptors (Lipinski definition) is 4. The van der Waals surface area contributed by atoms with E-state index < -0.39 is 16.1 Å². The zero-order chi connectivity index (χ0) is 27.0. The molecule has 0 radical (unpaired) electrons. The Balaban J connectivity index is 2.22. The van der Waals surface area contributed by atoms with Crippen molar-refractivity contribution in [2.45, 2.75) is 46.2 Å². The van der Waals surface area contributed by atoms with Crippen molar-refractivity contribution in [1.29, 1.82) is 0 Å². The van der Waals surface area contributed by atoms with Crippen LogP contribution in [0.1, 0.15) is 39.2 Å². The number of carbonyl (C=O) groups is 2. The first kappa shape index (κ1) is 30.2. The Kier molecular flexibility index (Phi) is 11.3. The molecule has 2 aromatic rings. The second-order valence-corrected chi connectivity index (χ2v) is 12.1. The van der Waals surface area contributed by atoms with Crippen LogP contribution in [0, 0.1) is 5.92 Å². The van der Waals surface area contributed by atoms with E-state index >= 15 is 0 Å². The highest BCUT2D eigenvalue weighted by Gasteiger charge is 2.28. The summed E-state index contributed by atoms with van der Waals surface area (Å²) in [7, 11) is -3.61. The molecule has 0 aliphatic heterocycles. The Hall–Kier alpha value is -2.00. The molecule has 1 atom stereocenters. The van der Waals surface area contributed by atoms with Crippen molar-refractivity contribution in [2.75, 3.05) is 23.7 Å². The fourth-order valence-electron chi connectivity index (χ4n) is 3.52. The number of amides is 2. The molecular weight excluding hydrogens is 545 g/mol. The lowest BCUT2D eigenvalue weighted by molar-refractivity contribution is -0.140. The van der Waals surface area contributed by atoms with Crippen molar-refractivity contribution in [3.8, 4) is 0 Å². The van der Waals surface area contributed by atoms with Gasteiger partial charge in [0.2, 0.25) is 21.8 Å². The molecule has 1 N–H and O–H groups in total. The second-order valence-electron chi connectivity index (χ2n) is 8.96. The third-order valence-corrected chi connectivity index (χ3v) is 7.63. The van der Waals surface area contributed by atoms with Gasteiger partial charge in [0, 0.05) is 46.7 Å². The fraction of sp³-hybridized carbons (Fsp3) is 0.440. The maximum atomic E-state index is 13.3. The van der Waals surface area contributed by atoms with Crippen molar-refractivity contribution >= 4 is 62.3 Å². The summed E-state index contributed by atoms with van der Waals surface area (Å²) in [5, 5.41) is 4.03. The van der Waals surface area contributed by atoms with Gasteiger partial charge in [0.25, 0.3) is 0 Å². The van der Waals surface area contributed by atoms with E-state index in [1.807, 2.05) is 13.8 Å². The molecule has 11 heteroatoms. The molecule has 7 nitrogen and oxygen atoms in total. The number of anilines is 1. The van der Waals surface area contributed by atoms with Crippen LogP contribution in [0.15, 0.2) is 42.5 Å². The van der Waals surface area contributed by atoms with Crippen LogP contribution in [0.25, 0.3) is 0 Å². The second kappa shape index (κ2) is 13.5. The molecule has 0 spiro atoms. The van der Waals surface area contributed by atoms with Crippen LogP contribution in [-0.2, 0) is 26.2 Å². The van der Waals surface area contributed by atoms with Gasteiger partial charge in [0.15, 0.2) is 0 Å². The summed E-state index contributed by atoms with van der Waals surface area (Å²) in [5.41, 5.74) is 0.952. The molecule has 0 aliphatic rings. The topological polar surface area (TPSA) is 86.8 Å². The van der Waals surface area contributed by atoms with Crippen molar-refractivity contribution < 1.29 is 18.0 Å². The van der Waals surface area contributed by atoms with Crippen molar-refractivity contribution in [3.05, 3.63) is 63.1 Å². The van der Waals surface area contributed by atoms with Crippen LogP contribution < -0.4 is 9.62 Å². The van der Waals surface area contributed by atoms with E-state index in [9.17, 15) is 18.0 Å². The number of sulfonamides is 1. The number of nitrogens with one attached hydrogen (secondary N) is 1. The molecule has 0 fully saturated rings. The summed E-state index contributed by atoms with van der Waals surface area (Å²) in [6.45, 7) is 6.18. The smallest absolute Gasteiger partial charge is 0.242 e. The van der Waals surface area contributed by atoms with Gasteiger partial charge >= 0.3 is 0 Å². The predicted octanol–water partition coefficient (Wildman–Crippen LogP) is 5.38. The molecule has 0 bridgehead atoms. The maximum Gasteiger partial charge on any atom is 0.242 e. The summed E-state index contributed by atoms with van der Waals surface area (Å²) in [6, 6.07) is 10.8. The average Bonchev–Trinajstić information content (AvgIpc) is 2.78. The van der Waals surface area contributed by atoms with E-state index in [1.165, 1.54) is 9.21 Å². The zero-order valence-electron chi connectivity index (χ0n) is 20.8. The number of halogens is 3. The molecule has 2 amide bonds. The Morgan fingerprint density at radius 2 is 1.61 bits per heavy atom. The van der Waals surface area contributed by atoms with E-state index in [-0.39, 0.29) is 43.7 Å². The van der Waals surface area contributed by atoms with E-state index in [0.717, 1.165) is 6.26 Å². The highest BCUT2D eigenvalue weighted by molar-refractivity contribution is 7.92. The maximum absolute atomic E-state index is 13.3. The lowest BCUT2D eigenvalue weighted by Gasteiger charge is -2.30. The Bertz CT molecular complexity index is 1150. The van der Waals surface area contributed by atoms with Gasteiger partial charge in [-0.25, -0.2) is 8.42 Å². The van der Waals surface area contributed by atoms with Gasteiger partial charge in [-0.15, -0.1) is 0 Å². The zero-order valence-corrected chi connectivity index (χ0v) is 23.9. The molecule has 0 saturated carbocycles. The van der Waals surface area contributed by atoms with Crippen LogP contribution >= 0.6 is 34.8 Å². The molecule has 0 heterocycles. The van der Waals surface area contributed by atoms with Gasteiger partial charge in [0.05, 0.1) is 11.9 Å². The SMILES string of the molecule is CC(C)CNC(=O)[C@H](C)N(Cc1c(Cl)cccc1Cl)C(=O)CCCN(c1cccc(Cl)c1)S(C)(=O)=O. The normalized spacial score (nSPS) is 12.3. The van der Waals surface area contributed by atoms with E-state index in [0.29, 0.717) is 32.9 Å². The standard InChI is InChI=1S/C25H32Cl3N3O4S/c1-17(2)15-29-25(33)18(3)30(16-21-22(27)10-6-11-23(21)28)24(32)12-7-13-31(36(4,34)35)20-9-5-8-19(26)14-20/h5-6,8-11,14,17-18H,7,12-13,15-16H2,1-4H3,(H,29,33)/t18-/m0/s1. The summed E-state index contributed by atoms with van der Waals surface area (Å²) in [5.74, 6) is -0.369. The summed E-state index contributed by atoms with van der Waals surface area (Å²) < 4.78 is 26.0. The number of rotatable bonds is 12. The van der Waals surface area contributed by atoms with Crippen LogP contribution in [0.2, 0.25) is 15.1 Å². The van der Waals surface area contributed by atoms with Crippen LogP contribution in [0.3, 0.4) is 0 Å². The third kappa shape index (κ3) is 8.83. The highest BCUT2D eigenvalue weighted by Crippen LogP contribution is 2.27. The quantitative estimate of drug-likeness (QED) is 0.367. The van der Waals surface area contributed by atoms with Crippen LogP contribution in [-0.4, -0.2) is 50.5 Å². The number of hydrogen-bond donors (Lipinski definition) is 1. The van der Waals surface area contributed by atoms with Crippen molar-refractivity contribution in [2.24, 2.45) is 5.92 Å². The molecule has 0 unspecified atom stereocenters. The predicted molar refractivity (Wildman–Crippen MR) is 147 cm³/mol. The summed E-state index contributed by atoms with van der Waals surface area (Å²) in [4.78, 5) is 27.6. The first-order valence-electron chi connectivity index (χ1n) is 11.5. The van der Waals surface area contributed by atoms with Gasteiger partial charge in [-0.05, 0) is 49.6 Å². The first-order valence-corrected chi connectivity index (χ1v) is 14.5. The van der Waals surface area contributed by atoms with Gasteiger partial charge in [0.1, 0.15) is 6.04 Å². The number of nitrogens with zero attached hydrogens (tertiary/aromatic N) is 2. The number of benzene rings is 2.